The predicted octanol–water partition coefficient (Wildman–Crippen LogP) is 12.4. The molecule has 0 saturated heterocycles. The van der Waals surface area contributed by atoms with Gasteiger partial charge in [-0.25, -0.2) is 0 Å². The topological polar surface area (TPSA) is 18.1 Å². The maximum Gasteiger partial charge on any atom is 0.137 e. The minimum absolute atomic E-state index is 0.899. The van der Waals surface area contributed by atoms with Gasteiger partial charge >= 0.3 is 0 Å². The molecule has 7 aromatic carbocycles. The van der Waals surface area contributed by atoms with E-state index in [0.29, 0.717) is 0 Å². The van der Waals surface area contributed by atoms with E-state index in [0.717, 1.165) is 27.6 Å². The summed E-state index contributed by atoms with van der Waals surface area (Å²) in [5, 5.41) is 7.39. The lowest BCUT2D eigenvalue weighted by atomic mass is 9.97. The van der Waals surface area contributed by atoms with Gasteiger partial charge in [0.1, 0.15) is 11.2 Å². The largest absolute Gasteiger partial charge is 0.456 e. The van der Waals surface area contributed by atoms with Gasteiger partial charge in [0.25, 0.3) is 0 Å². The third kappa shape index (κ3) is 3.62. The zero-order chi connectivity index (χ0) is 29.5. The summed E-state index contributed by atoms with van der Waals surface area (Å²) in [5.74, 6) is 0. The number of hydrogen-bond donors (Lipinski definition) is 0. The van der Waals surface area contributed by atoms with Crippen LogP contribution in [0.25, 0.3) is 91.9 Å². The Morgan fingerprint density at radius 2 is 1.18 bits per heavy atom. The molecule has 45 heavy (non-hydrogen) atoms. The number of para-hydroxylation sites is 1. The van der Waals surface area contributed by atoms with E-state index >= 15 is 0 Å². The summed E-state index contributed by atoms with van der Waals surface area (Å²) >= 11 is 1.87. The molecule has 0 fully saturated rings. The molecule has 0 aliphatic carbocycles. The van der Waals surface area contributed by atoms with Gasteiger partial charge < -0.3 is 8.98 Å². The SMILES string of the molecule is c1ccc(-c2ccc3c4cc(-c5cccc6sc7ccccc7c56)ccc4n(-c4cccc5oc6ccccc6c45)c3c2)cc1. The van der Waals surface area contributed by atoms with Gasteiger partial charge in [0.2, 0.25) is 0 Å². The van der Waals surface area contributed by atoms with Crippen molar-refractivity contribution in [1.82, 2.24) is 4.57 Å². The van der Waals surface area contributed by atoms with Crippen molar-refractivity contribution in [1.29, 1.82) is 0 Å². The second-order valence-corrected chi connectivity index (χ2v) is 12.8. The van der Waals surface area contributed by atoms with E-state index in [4.69, 9.17) is 4.42 Å². The van der Waals surface area contributed by atoms with Crippen LogP contribution < -0.4 is 0 Å². The average Bonchev–Trinajstić information content (AvgIpc) is 3.77. The van der Waals surface area contributed by atoms with Gasteiger partial charge in [-0.05, 0) is 70.8 Å². The molecular weight excluding hydrogens is 567 g/mol. The standard InChI is InChI=1S/C42H25NOS/c1-2-10-26(11-3-1)27-20-22-30-33-24-28(29-14-8-19-40-41(29)32-13-5-7-18-39(32)45-40)21-23-34(33)43(36(30)25-27)35-15-9-17-38-42(35)31-12-4-6-16-37(31)44-38/h1-25H. The molecule has 0 atom stereocenters. The van der Waals surface area contributed by atoms with Gasteiger partial charge in [0, 0.05) is 36.3 Å². The van der Waals surface area contributed by atoms with Gasteiger partial charge in [0.05, 0.1) is 22.1 Å². The van der Waals surface area contributed by atoms with E-state index < -0.39 is 0 Å². The Labute approximate surface area is 263 Å². The highest BCUT2D eigenvalue weighted by atomic mass is 32.1. The molecule has 0 amide bonds. The Balaban J connectivity index is 1.31. The number of thiophene rings is 1. The van der Waals surface area contributed by atoms with E-state index in [9.17, 15) is 0 Å². The number of nitrogens with zero attached hydrogens (tertiary/aromatic N) is 1. The summed E-state index contributed by atoms with van der Waals surface area (Å²) in [6.07, 6.45) is 0. The number of benzene rings is 7. The van der Waals surface area contributed by atoms with Crippen molar-refractivity contribution in [2.24, 2.45) is 0 Å². The molecule has 3 aromatic heterocycles. The van der Waals surface area contributed by atoms with Crippen LogP contribution in [-0.4, -0.2) is 4.57 Å². The van der Waals surface area contributed by atoms with Crippen molar-refractivity contribution in [2.75, 3.05) is 0 Å². The Bertz CT molecular complexity index is 2760. The molecule has 0 aliphatic heterocycles. The van der Waals surface area contributed by atoms with Crippen molar-refractivity contribution in [2.45, 2.75) is 0 Å². The first kappa shape index (κ1) is 24.8. The van der Waals surface area contributed by atoms with Crippen LogP contribution in [-0.2, 0) is 0 Å². The molecule has 0 radical (unpaired) electrons. The molecule has 210 valence electrons. The van der Waals surface area contributed by atoms with E-state index in [2.05, 4.69) is 150 Å². The highest BCUT2D eigenvalue weighted by Crippen LogP contribution is 2.43. The molecule has 10 aromatic rings. The van der Waals surface area contributed by atoms with Crippen LogP contribution in [0.3, 0.4) is 0 Å². The number of rotatable bonds is 3. The quantitative estimate of drug-likeness (QED) is 0.200. The molecular formula is C42H25NOS. The third-order valence-corrected chi connectivity index (χ3v) is 10.3. The molecule has 0 unspecified atom stereocenters. The van der Waals surface area contributed by atoms with Crippen LogP contribution in [0.15, 0.2) is 156 Å². The number of aromatic nitrogens is 1. The third-order valence-electron chi connectivity index (χ3n) is 9.21. The summed E-state index contributed by atoms with van der Waals surface area (Å²) in [4.78, 5) is 0. The maximum atomic E-state index is 6.34. The first-order chi connectivity index (χ1) is 22.3. The van der Waals surface area contributed by atoms with E-state index in [1.54, 1.807) is 0 Å². The first-order valence-electron chi connectivity index (χ1n) is 15.3. The fourth-order valence-corrected chi connectivity index (χ4v) is 8.35. The van der Waals surface area contributed by atoms with Crippen LogP contribution in [0.1, 0.15) is 0 Å². The monoisotopic (exact) mass is 591 g/mol. The second-order valence-electron chi connectivity index (χ2n) is 11.7. The zero-order valence-corrected chi connectivity index (χ0v) is 25.0. The van der Waals surface area contributed by atoms with E-state index in [1.165, 1.54) is 64.2 Å². The summed E-state index contributed by atoms with van der Waals surface area (Å²) in [6, 6.07) is 54.8. The fraction of sp³-hybridized carbons (Fsp3) is 0. The molecule has 3 heteroatoms. The Hall–Kier alpha value is -5.64. The molecule has 0 saturated carbocycles. The lowest BCUT2D eigenvalue weighted by Gasteiger charge is -2.11. The van der Waals surface area contributed by atoms with E-state index in [-0.39, 0.29) is 0 Å². The zero-order valence-electron chi connectivity index (χ0n) is 24.2. The van der Waals surface area contributed by atoms with Gasteiger partial charge in [0.15, 0.2) is 0 Å². The smallest absolute Gasteiger partial charge is 0.137 e. The summed E-state index contributed by atoms with van der Waals surface area (Å²) in [5.41, 5.74) is 10.2. The Morgan fingerprint density at radius 3 is 2.11 bits per heavy atom. The van der Waals surface area contributed by atoms with Gasteiger partial charge in [-0.15, -0.1) is 11.3 Å². The number of hydrogen-bond acceptors (Lipinski definition) is 2. The minimum Gasteiger partial charge on any atom is -0.456 e. The molecule has 0 spiro atoms. The van der Waals surface area contributed by atoms with Crippen molar-refractivity contribution in [3.8, 4) is 27.9 Å². The van der Waals surface area contributed by atoms with Gasteiger partial charge in [-0.1, -0.05) is 103 Å². The normalized spacial score (nSPS) is 12.0. The van der Waals surface area contributed by atoms with Crippen molar-refractivity contribution in [3.05, 3.63) is 152 Å². The van der Waals surface area contributed by atoms with Crippen LogP contribution in [0.2, 0.25) is 0 Å². The fourth-order valence-electron chi connectivity index (χ4n) is 7.22. The Morgan fingerprint density at radius 1 is 0.422 bits per heavy atom. The van der Waals surface area contributed by atoms with Crippen molar-refractivity contribution in [3.63, 3.8) is 0 Å². The molecule has 10 rings (SSSR count). The second kappa shape index (κ2) is 9.43. The van der Waals surface area contributed by atoms with Crippen molar-refractivity contribution >= 4 is 75.3 Å². The van der Waals surface area contributed by atoms with Crippen LogP contribution in [0.4, 0.5) is 0 Å². The molecule has 3 heterocycles. The Kier molecular flexibility index (Phi) is 5.19. The average molecular weight is 592 g/mol. The highest BCUT2D eigenvalue weighted by Gasteiger charge is 2.19. The predicted molar refractivity (Wildman–Crippen MR) is 192 cm³/mol. The lowest BCUT2D eigenvalue weighted by molar-refractivity contribution is 0.669. The summed E-state index contributed by atoms with van der Waals surface area (Å²) in [6.45, 7) is 0. The first-order valence-corrected chi connectivity index (χ1v) is 16.1. The summed E-state index contributed by atoms with van der Waals surface area (Å²) in [7, 11) is 0. The van der Waals surface area contributed by atoms with E-state index in [1.807, 2.05) is 17.4 Å². The molecule has 2 nitrogen and oxygen atoms in total. The number of fused-ring (bicyclic) bond motifs is 9. The minimum atomic E-state index is 0.899. The molecule has 0 N–H and O–H groups in total. The van der Waals surface area contributed by atoms with Crippen LogP contribution in [0.5, 0.6) is 0 Å². The van der Waals surface area contributed by atoms with Crippen LogP contribution in [0, 0.1) is 0 Å². The summed E-state index contributed by atoms with van der Waals surface area (Å²) < 4.78 is 11.4. The lowest BCUT2D eigenvalue weighted by Crippen LogP contribution is -1.95. The molecule has 0 bridgehead atoms. The maximum absolute atomic E-state index is 6.34. The molecule has 0 aliphatic rings. The van der Waals surface area contributed by atoms with Gasteiger partial charge in [-0.3, -0.25) is 0 Å². The highest BCUT2D eigenvalue weighted by molar-refractivity contribution is 7.25. The number of furan rings is 1. The van der Waals surface area contributed by atoms with Crippen molar-refractivity contribution < 1.29 is 4.42 Å². The van der Waals surface area contributed by atoms with Crippen LogP contribution >= 0.6 is 11.3 Å². The van der Waals surface area contributed by atoms with Gasteiger partial charge in [-0.2, -0.15) is 0 Å².